The zero-order valence-corrected chi connectivity index (χ0v) is 13.1. The summed E-state index contributed by atoms with van der Waals surface area (Å²) in [5, 5.41) is 5.53. The van der Waals surface area contributed by atoms with Crippen molar-refractivity contribution in [3.05, 3.63) is 84.4 Å². The molecule has 0 bridgehead atoms. The third-order valence-corrected chi connectivity index (χ3v) is 3.64. The van der Waals surface area contributed by atoms with Crippen LogP contribution in [0.4, 0.5) is 14.9 Å². The van der Waals surface area contributed by atoms with Crippen molar-refractivity contribution in [3.8, 4) is 5.69 Å². The summed E-state index contributed by atoms with van der Waals surface area (Å²) < 4.78 is 15.5. The predicted molar refractivity (Wildman–Crippen MR) is 92.9 cm³/mol. The minimum Gasteiger partial charge on any atom is -0.338 e. The molecular weight excluding hydrogens is 305 g/mol. The van der Waals surface area contributed by atoms with E-state index in [0.717, 1.165) is 5.69 Å². The number of halogens is 1. The number of anilines is 1. The molecule has 0 spiro atoms. The zero-order chi connectivity index (χ0) is 16.8. The van der Waals surface area contributed by atoms with Gasteiger partial charge in [0.15, 0.2) is 0 Å². The summed E-state index contributed by atoms with van der Waals surface area (Å²) in [6.45, 7) is 0.365. The third kappa shape index (κ3) is 4.01. The van der Waals surface area contributed by atoms with Crippen molar-refractivity contribution in [2.24, 2.45) is 0 Å². The Labute approximate surface area is 139 Å². The molecule has 2 aromatic carbocycles. The largest absolute Gasteiger partial charge is 0.338 e. The molecule has 0 fully saturated rings. The van der Waals surface area contributed by atoms with Crippen LogP contribution in [0.5, 0.6) is 0 Å². The minimum atomic E-state index is -0.309. The molecule has 2 amide bonds. The van der Waals surface area contributed by atoms with Gasteiger partial charge >= 0.3 is 6.03 Å². The Balaban J connectivity index is 1.54. The zero-order valence-electron chi connectivity index (χ0n) is 13.1. The van der Waals surface area contributed by atoms with Crippen LogP contribution in [0.1, 0.15) is 5.56 Å². The molecule has 3 rings (SSSR count). The molecule has 1 aromatic heterocycles. The number of benzene rings is 2. The highest BCUT2D eigenvalue weighted by Gasteiger charge is 2.04. The van der Waals surface area contributed by atoms with Gasteiger partial charge < -0.3 is 15.2 Å². The first-order valence-electron chi connectivity index (χ1n) is 7.74. The van der Waals surface area contributed by atoms with Gasteiger partial charge in [-0.15, -0.1) is 0 Å². The Bertz CT molecular complexity index is 815. The van der Waals surface area contributed by atoms with E-state index in [4.69, 9.17) is 0 Å². The van der Waals surface area contributed by atoms with E-state index in [9.17, 15) is 9.18 Å². The number of hydrogen-bond acceptors (Lipinski definition) is 1. The number of amides is 2. The van der Waals surface area contributed by atoms with Crippen molar-refractivity contribution in [2.75, 3.05) is 11.9 Å². The molecule has 0 radical (unpaired) electrons. The second kappa shape index (κ2) is 7.46. The Kier molecular flexibility index (Phi) is 4.91. The molecule has 0 saturated carbocycles. The van der Waals surface area contributed by atoms with Crippen LogP contribution in [0, 0.1) is 5.82 Å². The summed E-state index contributed by atoms with van der Waals surface area (Å²) in [7, 11) is 0. The van der Waals surface area contributed by atoms with E-state index in [2.05, 4.69) is 10.6 Å². The Morgan fingerprint density at radius 2 is 1.79 bits per heavy atom. The van der Waals surface area contributed by atoms with E-state index in [-0.39, 0.29) is 11.8 Å². The number of aromatic nitrogens is 1. The monoisotopic (exact) mass is 323 g/mol. The summed E-state index contributed by atoms with van der Waals surface area (Å²) in [6, 6.07) is 17.7. The third-order valence-electron chi connectivity index (χ3n) is 3.64. The molecule has 3 aromatic rings. The fourth-order valence-electron chi connectivity index (χ4n) is 2.44. The van der Waals surface area contributed by atoms with Gasteiger partial charge in [0.25, 0.3) is 0 Å². The summed E-state index contributed by atoms with van der Waals surface area (Å²) in [5.74, 6) is -0.251. The lowest BCUT2D eigenvalue weighted by atomic mass is 10.1. The molecule has 0 saturated heterocycles. The van der Waals surface area contributed by atoms with Gasteiger partial charge in [0.05, 0.1) is 0 Å². The van der Waals surface area contributed by atoms with Gasteiger partial charge in [0, 0.05) is 30.3 Å². The van der Waals surface area contributed by atoms with Gasteiger partial charge in [-0.25, -0.2) is 9.18 Å². The molecule has 0 aliphatic heterocycles. The average molecular weight is 323 g/mol. The number of nitrogens with zero attached hydrogens (tertiary/aromatic N) is 1. The quantitative estimate of drug-likeness (QED) is 0.733. The van der Waals surface area contributed by atoms with E-state index in [0.29, 0.717) is 24.2 Å². The van der Waals surface area contributed by atoms with Gasteiger partial charge in [-0.1, -0.05) is 24.3 Å². The number of hydrogen-bond donors (Lipinski definition) is 2. The maximum Gasteiger partial charge on any atom is 0.319 e. The van der Waals surface area contributed by atoms with Crippen molar-refractivity contribution in [1.82, 2.24) is 9.88 Å². The predicted octanol–water partition coefficient (Wildman–Crippen LogP) is 3.98. The molecule has 1 heterocycles. The number of carbonyl (C=O) groups excluding carboxylic acids is 1. The van der Waals surface area contributed by atoms with Gasteiger partial charge in [-0.3, -0.25) is 0 Å². The van der Waals surface area contributed by atoms with Crippen LogP contribution >= 0.6 is 0 Å². The van der Waals surface area contributed by atoms with Crippen LogP contribution in [0.3, 0.4) is 0 Å². The van der Waals surface area contributed by atoms with Gasteiger partial charge in [0.2, 0.25) is 0 Å². The molecule has 24 heavy (non-hydrogen) atoms. The van der Waals surface area contributed by atoms with Gasteiger partial charge in [-0.2, -0.15) is 0 Å². The lowest BCUT2D eigenvalue weighted by Crippen LogP contribution is -2.30. The smallest absolute Gasteiger partial charge is 0.319 e. The molecule has 2 N–H and O–H groups in total. The van der Waals surface area contributed by atoms with E-state index in [1.54, 1.807) is 18.2 Å². The van der Waals surface area contributed by atoms with Crippen molar-refractivity contribution >= 4 is 11.7 Å². The summed E-state index contributed by atoms with van der Waals surface area (Å²) >= 11 is 0. The first kappa shape index (κ1) is 15.8. The topological polar surface area (TPSA) is 46.1 Å². The number of carbonyl (C=O) groups is 1. The second-order valence-corrected chi connectivity index (χ2v) is 5.36. The minimum absolute atomic E-state index is 0.251. The second-order valence-electron chi connectivity index (χ2n) is 5.36. The van der Waals surface area contributed by atoms with Crippen LogP contribution in [0.25, 0.3) is 5.69 Å². The molecule has 4 nitrogen and oxygen atoms in total. The molecule has 0 aliphatic rings. The van der Waals surface area contributed by atoms with Crippen LogP contribution in [-0.4, -0.2) is 17.1 Å². The van der Waals surface area contributed by atoms with Crippen LogP contribution in [-0.2, 0) is 6.42 Å². The SMILES string of the molecule is O=C(NCCc1ccccc1F)Nc1cccc(-n2cccc2)c1. The van der Waals surface area contributed by atoms with E-state index >= 15 is 0 Å². The number of nitrogens with one attached hydrogen (secondary N) is 2. The van der Waals surface area contributed by atoms with Crippen molar-refractivity contribution in [3.63, 3.8) is 0 Å². The Hall–Kier alpha value is -3.08. The molecule has 0 atom stereocenters. The summed E-state index contributed by atoms with van der Waals surface area (Å²) in [5.41, 5.74) is 2.25. The lowest BCUT2D eigenvalue weighted by Gasteiger charge is -2.10. The molecule has 5 heteroatoms. The number of urea groups is 1. The molecule has 0 aliphatic carbocycles. The Morgan fingerprint density at radius 3 is 2.58 bits per heavy atom. The summed E-state index contributed by atoms with van der Waals surface area (Å²) in [4.78, 5) is 12.0. The first-order valence-corrected chi connectivity index (χ1v) is 7.74. The maximum absolute atomic E-state index is 13.5. The average Bonchev–Trinajstić information content (AvgIpc) is 3.11. The molecule has 122 valence electrons. The highest BCUT2D eigenvalue weighted by molar-refractivity contribution is 5.89. The molecular formula is C19H18FN3O. The molecule has 0 unspecified atom stereocenters. The summed E-state index contributed by atoms with van der Waals surface area (Å²) in [6.07, 6.45) is 4.32. The van der Waals surface area contributed by atoms with Crippen molar-refractivity contribution < 1.29 is 9.18 Å². The standard InChI is InChI=1S/C19H18FN3O/c20-18-9-2-1-6-15(18)10-11-21-19(24)22-16-7-5-8-17(14-16)23-12-3-4-13-23/h1-9,12-14H,10-11H2,(H2,21,22,24). The van der Waals surface area contributed by atoms with Crippen LogP contribution < -0.4 is 10.6 Å². The lowest BCUT2D eigenvalue weighted by molar-refractivity contribution is 0.252. The number of rotatable bonds is 5. The highest BCUT2D eigenvalue weighted by Crippen LogP contribution is 2.14. The Morgan fingerprint density at radius 1 is 1.00 bits per heavy atom. The van der Waals surface area contributed by atoms with E-state index < -0.39 is 0 Å². The van der Waals surface area contributed by atoms with Gasteiger partial charge in [-0.05, 0) is 48.4 Å². The fraction of sp³-hybridized carbons (Fsp3) is 0.105. The van der Waals surface area contributed by atoms with Crippen LogP contribution in [0.15, 0.2) is 73.1 Å². The van der Waals surface area contributed by atoms with Crippen molar-refractivity contribution in [2.45, 2.75) is 6.42 Å². The maximum atomic E-state index is 13.5. The van der Waals surface area contributed by atoms with E-state index in [1.165, 1.54) is 6.07 Å². The normalized spacial score (nSPS) is 10.4. The highest BCUT2D eigenvalue weighted by atomic mass is 19.1. The van der Waals surface area contributed by atoms with E-state index in [1.807, 2.05) is 53.4 Å². The van der Waals surface area contributed by atoms with Crippen LogP contribution in [0.2, 0.25) is 0 Å². The van der Waals surface area contributed by atoms with Crippen molar-refractivity contribution in [1.29, 1.82) is 0 Å². The van der Waals surface area contributed by atoms with Gasteiger partial charge in [0.1, 0.15) is 5.82 Å². The fourth-order valence-corrected chi connectivity index (χ4v) is 2.44. The first-order chi connectivity index (χ1) is 11.7.